The number of rotatable bonds is 2. The molecule has 0 saturated carbocycles. The standard InChI is InChI=1S/C10H9ClO2/c1-3-9(11)6-4-8(2)5-7-10(12)13/h3-4,6H,2H2,1H3,(H,12,13)/b6-4-,9-3+. The van der Waals surface area contributed by atoms with Gasteiger partial charge in [0.1, 0.15) is 0 Å². The minimum atomic E-state index is -1.17. The first-order valence-corrected chi connectivity index (χ1v) is 3.87. The third-order valence-electron chi connectivity index (χ3n) is 1.05. The number of carboxylic acid groups (broad SMARTS) is 1. The number of hydrogen-bond acceptors (Lipinski definition) is 1. The Kier molecular flexibility index (Phi) is 5.42. The van der Waals surface area contributed by atoms with Gasteiger partial charge in [-0.15, -0.1) is 0 Å². The highest BCUT2D eigenvalue weighted by Gasteiger charge is 1.85. The fourth-order valence-electron chi connectivity index (χ4n) is 0.452. The van der Waals surface area contributed by atoms with Gasteiger partial charge in [0, 0.05) is 16.5 Å². The topological polar surface area (TPSA) is 37.3 Å². The van der Waals surface area contributed by atoms with Crippen LogP contribution in [0.1, 0.15) is 6.92 Å². The molecule has 3 heteroatoms. The summed E-state index contributed by atoms with van der Waals surface area (Å²) in [5, 5.41) is 8.76. The van der Waals surface area contributed by atoms with E-state index in [1.807, 2.05) is 5.92 Å². The third kappa shape index (κ3) is 6.92. The van der Waals surface area contributed by atoms with Crippen LogP contribution in [0.3, 0.4) is 0 Å². The second kappa shape index (κ2) is 6.10. The molecule has 0 aromatic heterocycles. The van der Waals surface area contributed by atoms with Gasteiger partial charge in [-0.3, -0.25) is 0 Å². The average Bonchev–Trinajstić information content (AvgIpc) is 2.10. The largest absolute Gasteiger partial charge is 0.472 e. The van der Waals surface area contributed by atoms with Crippen LogP contribution in [0.4, 0.5) is 0 Å². The molecule has 2 nitrogen and oxygen atoms in total. The van der Waals surface area contributed by atoms with E-state index in [1.54, 1.807) is 25.2 Å². The minimum absolute atomic E-state index is 0.405. The molecule has 0 aliphatic heterocycles. The second-order valence-corrected chi connectivity index (χ2v) is 2.52. The van der Waals surface area contributed by atoms with Crippen molar-refractivity contribution in [1.82, 2.24) is 0 Å². The van der Waals surface area contributed by atoms with Crippen molar-refractivity contribution in [2.75, 3.05) is 0 Å². The van der Waals surface area contributed by atoms with E-state index in [4.69, 9.17) is 16.7 Å². The zero-order valence-electron chi connectivity index (χ0n) is 7.17. The molecule has 0 heterocycles. The highest BCUT2D eigenvalue weighted by molar-refractivity contribution is 6.31. The highest BCUT2D eigenvalue weighted by atomic mass is 35.5. The summed E-state index contributed by atoms with van der Waals surface area (Å²) in [6.45, 7) is 5.31. The van der Waals surface area contributed by atoms with E-state index in [9.17, 15) is 4.79 Å². The Balaban J connectivity index is 4.28. The van der Waals surface area contributed by atoms with E-state index in [0.29, 0.717) is 10.6 Å². The lowest BCUT2D eigenvalue weighted by molar-refractivity contribution is -0.130. The molecule has 0 rings (SSSR count). The molecular formula is C10H9ClO2. The maximum Gasteiger partial charge on any atom is 0.382 e. The van der Waals surface area contributed by atoms with Gasteiger partial charge in [-0.25, -0.2) is 4.79 Å². The SMILES string of the molecule is C=C(C#CC(=O)O)/C=C\C(Cl)=C/C. The van der Waals surface area contributed by atoms with Crippen molar-refractivity contribution in [2.24, 2.45) is 0 Å². The average molecular weight is 197 g/mol. The van der Waals surface area contributed by atoms with Crippen molar-refractivity contribution in [3.8, 4) is 11.8 Å². The maximum absolute atomic E-state index is 10.0. The summed E-state index contributed by atoms with van der Waals surface area (Å²) in [5.74, 6) is 3.11. The van der Waals surface area contributed by atoms with Crippen LogP contribution in [0.5, 0.6) is 0 Å². The number of allylic oxidation sites excluding steroid dienone is 5. The molecule has 0 atom stereocenters. The first-order chi connectivity index (χ1) is 6.06. The van der Waals surface area contributed by atoms with Crippen LogP contribution in [0, 0.1) is 11.8 Å². The van der Waals surface area contributed by atoms with E-state index in [2.05, 4.69) is 12.5 Å². The molecule has 0 radical (unpaired) electrons. The Morgan fingerprint density at radius 3 is 2.54 bits per heavy atom. The summed E-state index contributed by atoms with van der Waals surface area (Å²) in [7, 11) is 0. The van der Waals surface area contributed by atoms with E-state index < -0.39 is 5.97 Å². The summed E-state index contributed by atoms with van der Waals surface area (Å²) in [4.78, 5) is 10.0. The summed E-state index contributed by atoms with van der Waals surface area (Å²) in [5.41, 5.74) is 0.405. The number of carbonyl (C=O) groups is 1. The number of hydrogen-bond donors (Lipinski definition) is 1. The zero-order valence-corrected chi connectivity index (χ0v) is 7.93. The van der Waals surface area contributed by atoms with Gasteiger partial charge in [-0.05, 0) is 19.1 Å². The molecule has 0 fully saturated rings. The summed E-state index contributed by atoms with van der Waals surface area (Å²) in [6, 6.07) is 0. The van der Waals surface area contributed by atoms with E-state index in [-0.39, 0.29) is 0 Å². The summed E-state index contributed by atoms with van der Waals surface area (Å²) >= 11 is 5.64. The number of aliphatic carboxylic acids is 1. The van der Waals surface area contributed by atoms with E-state index in [0.717, 1.165) is 0 Å². The summed E-state index contributed by atoms with van der Waals surface area (Å²) in [6.07, 6.45) is 4.86. The van der Waals surface area contributed by atoms with Crippen LogP contribution in [0.15, 0.2) is 35.4 Å². The molecule has 13 heavy (non-hydrogen) atoms. The number of halogens is 1. The quantitative estimate of drug-likeness (QED) is 0.544. The molecule has 0 aliphatic carbocycles. The molecule has 0 aromatic carbocycles. The van der Waals surface area contributed by atoms with Crippen molar-refractivity contribution >= 4 is 17.6 Å². The van der Waals surface area contributed by atoms with E-state index in [1.165, 1.54) is 0 Å². The molecule has 0 unspecified atom stereocenters. The zero-order chi connectivity index (χ0) is 10.3. The molecular weight excluding hydrogens is 188 g/mol. The molecule has 0 amide bonds. The normalized spacial score (nSPS) is 10.8. The Morgan fingerprint density at radius 1 is 1.46 bits per heavy atom. The second-order valence-electron chi connectivity index (χ2n) is 2.09. The monoisotopic (exact) mass is 196 g/mol. The van der Waals surface area contributed by atoms with Gasteiger partial charge >= 0.3 is 5.97 Å². The van der Waals surface area contributed by atoms with Gasteiger partial charge in [0.05, 0.1) is 0 Å². The van der Waals surface area contributed by atoms with Crippen molar-refractivity contribution in [1.29, 1.82) is 0 Å². The van der Waals surface area contributed by atoms with Gasteiger partial charge in [0.2, 0.25) is 0 Å². The lowest BCUT2D eigenvalue weighted by Crippen LogP contribution is -1.86. The summed E-state index contributed by atoms with van der Waals surface area (Å²) < 4.78 is 0. The predicted octanol–water partition coefficient (Wildman–Crippen LogP) is 2.33. The Bertz CT molecular complexity index is 327. The molecule has 0 aromatic rings. The van der Waals surface area contributed by atoms with Crippen molar-refractivity contribution < 1.29 is 9.90 Å². The Labute approximate surface area is 82.2 Å². The smallest absolute Gasteiger partial charge is 0.382 e. The minimum Gasteiger partial charge on any atom is -0.472 e. The van der Waals surface area contributed by atoms with Gasteiger partial charge < -0.3 is 5.11 Å². The number of carboxylic acids is 1. The first-order valence-electron chi connectivity index (χ1n) is 3.50. The first kappa shape index (κ1) is 11.5. The van der Waals surface area contributed by atoms with Crippen molar-refractivity contribution in [2.45, 2.75) is 6.92 Å². The third-order valence-corrected chi connectivity index (χ3v) is 1.39. The lowest BCUT2D eigenvalue weighted by Gasteiger charge is -1.85. The lowest BCUT2D eigenvalue weighted by atomic mass is 10.2. The Hall–Kier alpha value is -1.46. The molecule has 68 valence electrons. The van der Waals surface area contributed by atoms with Gasteiger partial charge in [-0.2, -0.15) is 0 Å². The van der Waals surface area contributed by atoms with E-state index >= 15 is 0 Å². The van der Waals surface area contributed by atoms with Crippen LogP contribution in [0.2, 0.25) is 0 Å². The van der Waals surface area contributed by atoms with Crippen LogP contribution in [-0.2, 0) is 4.79 Å². The molecule has 0 bridgehead atoms. The van der Waals surface area contributed by atoms with Crippen LogP contribution in [-0.4, -0.2) is 11.1 Å². The Morgan fingerprint density at radius 2 is 2.08 bits per heavy atom. The van der Waals surface area contributed by atoms with Crippen LogP contribution in [0.25, 0.3) is 0 Å². The molecule has 0 aliphatic rings. The molecule has 1 N–H and O–H groups in total. The highest BCUT2D eigenvalue weighted by Crippen LogP contribution is 2.03. The van der Waals surface area contributed by atoms with Crippen LogP contribution < -0.4 is 0 Å². The van der Waals surface area contributed by atoms with Gasteiger partial charge in [-0.1, -0.05) is 30.2 Å². The fourth-order valence-corrected chi connectivity index (χ4v) is 0.515. The van der Waals surface area contributed by atoms with Crippen LogP contribution >= 0.6 is 11.6 Å². The fraction of sp³-hybridized carbons (Fsp3) is 0.100. The van der Waals surface area contributed by atoms with Crippen molar-refractivity contribution in [3.05, 3.63) is 35.4 Å². The maximum atomic E-state index is 10.0. The molecule has 0 spiro atoms. The van der Waals surface area contributed by atoms with Crippen molar-refractivity contribution in [3.63, 3.8) is 0 Å². The van der Waals surface area contributed by atoms with Gasteiger partial charge in [0.15, 0.2) is 0 Å². The van der Waals surface area contributed by atoms with Gasteiger partial charge in [0.25, 0.3) is 0 Å². The molecule has 0 saturated heterocycles. The predicted molar refractivity (Wildman–Crippen MR) is 53.3 cm³/mol.